The van der Waals surface area contributed by atoms with E-state index in [0.29, 0.717) is 47.2 Å². The predicted octanol–water partition coefficient (Wildman–Crippen LogP) is 3.04. The van der Waals surface area contributed by atoms with E-state index in [1.165, 1.54) is 7.11 Å². The molecule has 0 heterocycles. The third-order valence-electron chi connectivity index (χ3n) is 5.28. The van der Waals surface area contributed by atoms with Gasteiger partial charge in [0.25, 0.3) is 0 Å². The summed E-state index contributed by atoms with van der Waals surface area (Å²) in [6.45, 7) is 0.563. The number of nitrogens with one attached hydrogen (secondary N) is 1. The Labute approximate surface area is 209 Å². The molecular weight excluding hydrogens is 470 g/mol. The Morgan fingerprint density at radius 3 is 2.23 bits per heavy atom. The van der Waals surface area contributed by atoms with Crippen molar-refractivity contribution < 1.29 is 28.0 Å². The van der Waals surface area contributed by atoms with Crippen molar-refractivity contribution in [3.8, 4) is 23.0 Å². The van der Waals surface area contributed by atoms with Crippen molar-refractivity contribution in [2.45, 2.75) is 31.1 Å². The number of methoxy groups -OCH3 is 4. The summed E-state index contributed by atoms with van der Waals surface area (Å²) in [5, 5.41) is 4.39. The Morgan fingerprint density at radius 2 is 1.66 bits per heavy atom. The van der Waals surface area contributed by atoms with Gasteiger partial charge in [0.05, 0.1) is 62.3 Å². The van der Waals surface area contributed by atoms with E-state index in [1.807, 2.05) is 0 Å². The maximum atomic E-state index is 12.8. The summed E-state index contributed by atoms with van der Waals surface area (Å²) in [5.74, 6) is 2.07. The van der Waals surface area contributed by atoms with Crippen LogP contribution in [0.2, 0.25) is 0 Å². The van der Waals surface area contributed by atoms with Crippen LogP contribution in [0.25, 0.3) is 6.08 Å². The Bertz CT molecular complexity index is 1020. The van der Waals surface area contributed by atoms with E-state index in [9.17, 15) is 9.00 Å². The number of hydrogen-bond donors (Lipinski definition) is 3. The zero-order valence-electron chi connectivity index (χ0n) is 20.7. The molecule has 0 saturated carbocycles. The zero-order valence-corrected chi connectivity index (χ0v) is 21.5. The summed E-state index contributed by atoms with van der Waals surface area (Å²) in [4.78, 5) is 12.5. The standard InChI is InChI=1S/C25H35N3O6S/c1-31-18-14-23(33-3)19(24(15-18)34-4)10-12-35(30)16-17-8-9-22(32-2)21(13-17)28-25(29)20(27)7-5-6-11-26/h8-10,12-15,20H,5-7,11,16,26-27H2,1-4H3,(H,28,29)/b12-10+/t20-,35?/m1/s1. The molecule has 0 spiro atoms. The van der Waals surface area contributed by atoms with Gasteiger partial charge in [0.15, 0.2) is 0 Å². The topological polar surface area (TPSA) is 135 Å². The predicted molar refractivity (Wildman–Crippen MR) is 139 cm³/mol. The first-order valence-electron chi connectivity index (χ1n) is 11.2. The molecule has 2 aromatic rings. The van der Waals surface area contributed by atoms with Gasteiger partial charge in [-0.25, -0.2) is 0 Å². The molecule has 9 nitrogen and oxygen atoms in total. The summed E-state index contributed by atoms with van der Waals surface area (Å²) >= 11 is 0. The molecule has 0 bridgehead atoms. The van der Waals surface area contributed by atoms with Crippen molar-refractivity contribution in [2.75, 3.05) is 40.3 Å². The number of anilines is 1. The first-order chi connectivity index (χ1) is 16.9. The molecule has 0 saturated heterocycles. The van der Waals surface area contributed by atoms with Crippen LogP contribution in [0.15, 0.2) is 35.7 Å². The fraction of sp³-hybridized carbons (Fsp3) is 0.400. The number of benzene rings is 2. The van der Waals surface area contributed by atoms with E-state index in [0.717, 1.165) is 18.4 Å². The van der Waals surface area contributed by atoms with Crippen LogP contribution in [0.1, 0.15) is 30.4 Å². The van der Waals surface area contributed by atoms with Gasteiger partial charge < -0.3 is 35.7 Å². The van der Waals surface area contributed by atoms with Gasteiger partial charge in [0.1, 0.15) is 23.0 Å². The average Bonchev–Trinajstić information content (AvgIpc) is 2.87. The SMILES string of the molecule is COc1cc(OC)c(/C=C/S(=O)Cc2ccc(OC)c(NC(=O)[C@H](N)CCCCN)c2)c(OC)c1. The normalized spacial score (nSPS) is 12.7. The van der Waals surface area contributed by atoms with E-state index in [2.05, 4.69) is 5.32 Å². The van der Waals surface area contributed by atoms with Crippen molar-refractivity contribution in [3.05, 3.63) is 46.9 Å². The molecule has 1 unspecified atom stereocenters. The summed E-state index contributed by atoms with van der Waals surface area (Å²) in [7, 11) is 4.80. The number of unbranched alkanes of at least 4 members (excludes halogenated alkanes) is 1. The molecule has 1 amide bonds. The molecule has 2 aromatic carbocycles. The number of ether oxygens (including phenoxy) is 4. The largest absolute Gasteiger partial charge is 0.496 e. The summed E-state index contributed by atoms with van der Waals surface area (Å²) in [6.07, 6.45) is 3.82. The van der Waals surface area contributed by atoms with Gasteiger partial charge in [0, 0.05) is 17.5 Å². The maximum absolute atomic E-state index is 12.8. The highest BCUT2D eigenvalue weighted by molar-refractivity contribution is 7.87. The molecule has 0 aliphatic carbocycles. The Morgan fingerprint density at radius 1 is 1.00 bits per heavy atom. The van der Waals surface area contributed by atoms with Crippen LogP contribution in [0.5, 0.6) is 23.0 Å². The van der Waals surface area contributed by atoms with E-state index in [4.69, 9.17) is 30.4 Å². The Kier molecular flexibility index (Phi) is 11.5. The van der Waals surface area contributed by atoms with Crippen LogP contribution < -0.4 is 35.7 Å². The lowest BCUT2D eigenvalue weighted by atomic mass is 10.1. The van der Waals surface area contributed by atoms with Crippen LogP contribution in [0.4, 0.5) is 5.69 Å². The molecular formula is C25H35N3O6S. The Balaban J connectivity index is 2.15. The molecule has 192 valence electrons. The molecule has 0 aliphatic heterocycles. The molecule has 10 heteroatoms. The van der Waals surface area contributed by atoms with E-state index in [1.54, 1.807) is 63.1 Å². The van der Waals surface area contributed by atoms with Crippen molar-refractivity contribution in [1.29, 1.82) is 0 Å². The first-order valence-corrected chi connectivity index (χ1v) is 12.5. The fourth-order valence-corrected chi connectivity index (χ4v) is 4.25. The van der Waals surface area contributed by atoms with E-state index >= 15 is 0 Å². The van der Waals surface area contributed by atoms with Gasteiger partial charge in [-0.1, -0.05) is 12.5 Å². The van der Waals surface area contributed by atoms with Gasteiger partial charge in [-0.05, 0) is 43.2 Å². The molecule has 0 aliphatic rings. The lowest BCUT2D eigenvalue weighted by Gasteiger charge is -2.15. The number of carbonyl (C=O) groups is 1. The minimum Gasteiger partial charge on any atom is -0.496 e. The van der Waals surface area contributed by atoms with Crippen LogP contribution in [-0.4, -0.2) is 51.1 Å². The van der Waals surface area contributed by atoms with Gasteiger partial charge >= 0.3 is 0 Å². The highest BCUT2D eigenvalue weighted by Gasteiger charge is 2.16. The second-order valence-electron chi connectivity index (χ2n) is 7.69. The molecule has 0 fully saturated rings. The molecule has 5 N–H and O–H groups in total. The van der Waals surface area contributed by atoms with Crippen LogP contribution in [0.3, 0.4) is 0 Å². The Hall–Kier alpha value is -3.08. The van der Waals surface area contributed by atoms with Gasteiger partial charge in [-0.3, -0.25) is 9.00 Å². The third-order valence-corrected chi connectivity index (χ3v) is 6.33. The lowest BCUT2D eigenvalue weighted by Crippen LogP contribution is -2.35. The highest BCUT2D eigenvalue weighted by atomic mass is 32.2. The molecule has 0 aromatic heterocycles. The summed E-state index contributed by atoms with van der Waals surface area (Å²) < 4.78 is 34.3. The lowest BCUT2D eigenvalue weighted by molar-refractivity contribution is -0.117. The number of amides is 1. The highest BCUT2D eigenvalue weighted by Crippen LogP contribution is 2.35. The second-order valence-corrected chi connectivity index (χ2v) is 9.01. The van der Waals surface area contributed by atoms with Crippen molar-refractivity contribution in [3.63, 3.8) is 0 Å². The van der Waals surface area contributed by atoms with Crippen LogP contribution in [-0.2, 0) is 21.3 Å². The second kappa shape index (κ2) is 14.3. The first kappa shape index (κ1) is 28.2. The maximum Gasteiger partial charge on any atom is 0.241 e. The molecule has 35 heavy (non-hydrogen) atoms. The van der Waals surface area contributed by atoms with E-state index < -0.39 is 16.8 Å². The molecule has 2 atom stereocenters. The fourth-order valence-electron chi connectivity index (χ4n) is 3.36. The van der Waals surface area contributed by atoms with Crippen LogP contribution in [0, 0.1) is 0 Å². The monoisotopic (exact) mass is 505 g/mol. The summed E-state index contributed by atoms with van der Waals surface area (Å²) in [6, 6.07) is 8.07. The van der Waals surface area contributed by atoms with Gasteiger partial charge in [-0.2, -0.15) is 0 Å². The van der Waals surface area contributed by atoms with Crippen LogP contribution >= 0.6 is 0 Å². The average molecular weight is 506 g/mol. The zero-order chi connectivity index (χ0) is 25.8. The number of hydrogen-bond acceptors (Lipinski definition) is 8. The molecule has 2 rings (SSSR count). The quantitative estimate of drug-likeness (QED) is 0.334. The smallest absolute Gasteiger partial charge is 0.241 e. The van der Waals surface area contributed by atoms with Crippen molar-refractivity contribution >= 4 is 28.5 Å². The summed E-state index contributed by atoms with van der Waals surface area (Å²) in [5.41, 5.74) is 13.4. The number of carbonyl (C=O) groups excluding carboxylic acids is 1. The third kappa shape index (κ3) is 8.27. The van der Waals surface area contributed by atoms with Gasteiger partial charge in [0.2, 0.25) is 5.91 Å². The number of nitrogens with two attached hydrogens (primary N) is 2. The molecule has 0 radical (unpaired) electrons. The van der Waals surface area contributed by atoms with Gasteiger partial charge in [-0.15, -0.1) is 0 Å². The number of rotatable bonds is 14. The van der Waals surface area contributed by atoms with Crippen molar-refractivity contribution in [2.24, 2.45) is 11.5 Å². The minimum atomic E-state index is -1.36. The van der Waals surface area contributed by atoms with E-state index in [-0.39, 0.29) is 11.7 Å². The minimum absolute atomic E-state index is 0.229. The van der Waals surface area contributed by atoms with Crippen molar-refractivity contribution in [1.82, 2.24) is 0 Å².